The molecule has 1 heterocycles. The van der Waals surface area contributed by atoms with Gasteiger partial charge in [-0.3, -0.25) is 4.79 Å². The topological polar surface area (TPSA) is 90.7 Å². The van der Waals surface area contributed by atoms with Crippen LogP contribution in [0.2, 0.25) is 0 Å². The van der Waals surface area contributed by atoms with Gasteiger partial charge in [0.25, 0.3) is 5.91 Å². The van der Waals surface area contributed by atoms with Crippen molar-refractivity contribution in [3.8, 4) is 6.07 Å². The zero-order valence-electron chi connectivity index (χ0n) is 12.6. The van der Waals surface area contributed by atoms with Crippen molar-refractivity contribution in [2.45, 2.75) is 0 Å². The van der Waals surface area contributed by atoms with Crippen LogP contribution in [0.25, 0.3) is 0 Å². The number of anilines is 3. The van der Waals surface area contributed by atoms with E-state index in [2.05, 4.69) is 20.6 Å². The van der Waals surface area contributed by atoms with Crippen LogP contribution in [0.1, 0.15) is 16.1 Å². The van der Waals surface area contributed by atoms with Crippen LogP contribution in [0.15, 0.2) is 67.0 Å². The minimum absolute atomic E-state index is 0.206. The predicted molar refractivity (Wildman–Crippen MR) is 90.9 cm³/mol. The Morgan fingerprint density at radius 1 is 0.917 bits per heavy atom. The molecule has 0 atom stereocenters. The first kappa shape index (κ1) is 15.2. The van der Waals surface area contributed by atoms with Crippen LogP contribution in [-0.4, -0.2) is 15.9 Å². The standard InChI is InChI=1S/C18H13N5O/c19-10-13-6-8-15(9-7-13)23-18(24)16-11-21-17(12-20-16)22-14-4-2-1-3-5-14/h1-9,11-12H,(H,21,22)(H,23,24). The average Bonchev–Trinajstić information content (AvgIpc) is 2.64. The number of carbonyl (C=O) groups excluding carboxylic acids is 1. The van der Waals surface area contributed by atoms with Crippen LogP contribution >= 0.6 is 0 Å². The van der Waals surface area contributed by atoms with Gasteiger partial charge in [0, 0.05) is 11.4 Å². The first-order valence-electron chi connectivity index (χ1n) is 7.20. The van der Waals surface area contributed by atoms with Gasteiger partial charge in [-0.1, -0.05) is 18.2 Å². The van der Waals surface area contributed by atoms with E-state index < -0.39 is 0 Å². The largest absolute Gasteiger partial charge is 0.339 e. The fourth-order valence-electron chi connectivity index (χ4n) is 2.00. The lowest BCUT2D eigenvalue weighted by molar-refractivity contribution is 0.102. The Hall–Kier alpha value is -3.72. The monoisotopic (exact) mass is 315 g/mol. The minimum atomic E-state index is -0.363. The summed E-state index contributed by atoms with van der Waals surface area (Å²) in [5, 5.41) is 14.6. The van der Waals surface area contributed by atoms with E-state index in [9.17, 15) is 4.79 Å². The number of nitrogens with zero attached hydrogens (tertiary/aromatic N) is 3. The van der Waals surface area contributed by atoms with Crippen molar-refractivity contribution >= 4 is 23.1 Å². The van der Waals surface area contributed by atoms with Crippen LogP contribution in [0.3, 0.4) is 0 Å². The molecule has 0 fully saturated rings. The highest BCUT2D eigenvalue weighted by atomic mass is 16.1. The molecule has 0 aliphatic rings. The lowest BCUT2D eigenvalue weighted by Crippen LogP contribution is -2.14. The number of amides is 1. The van der Waals surface area contributed by atoms with Crippen molar-refractivity contribution in [1.82, 2.24) is 9.97 Å². The number of nitriles is 1. The van der Waals surface area contributed by atoms with Gasteiger partial charge in [-0.05, 0) is 36.4 Å². The summed E-state index contributed by atoms with van der Waals surface area (Å²) < 4.78 is 0. The molecule has 3 rings (SSSR count). The van der Waals surface area contributed by atoms with E-state index in [1.807, 2.05) is 36.4 Å². The zero-order chi connectivity index (χ0) is 16.8. The SMILES string of the molecule is N#Cc1ccc(NC(=O)c2cnc(Nc3ccccc3)cn2)cc1. The van der Waals surface area contributed by atoms with Crippen LogP contribution in [0.5, 0.6) is 0 Å². The van der Waals surface area contributed by atoms with Gasteiger partial charge in [0.2, 0.25) is 0 Å². The summed E-state index contributed by atoms with van der Waals surface area (Å²) in [5.74, 6) is 0.189. The molecule has 1 aromatic heterocycles. The van der Waals surface area contributed by atoms with Gasteiger partial charge in [0.1, 0.15) is 11.5 Å². The van der Waals surface area contributed by atoms with Crippen LogP contribution in [0, 0.1) is 11.3 Å². The van der Waals surface area contributed by atoms with Gasteiger partial charge in [0.05, 0.1) is 24.0 Å². The number of para-hydroxylation sites is 1. The van der Waals surface area contributed by atoms with Crippen molar-refractivity contribution in [2.75, 3.05) is 10.6 Å². The third-order valence-electron chi connectivity index (χ3n) is 3.20. The summed E-state index contributed by atoms with van der Waals surface area (Å²) in [6.07, 6.45) is 2.91. The molecular weight excluding hydrogens is 302 g/mol. The number of aromatic nitrogens is 2. The maximum absolute atomic E-state index is 12.1. The highest BCUT2D eigenvalue weighted by Crippen LogP contribution is 2.13. The lowest BCUT2D eigenvalue weighted by Gasteiger charge is -2.07. The van der Waals surface area contributed by atoms with E-state index in [1.54, 1.807) is 24.3 Å². The molecule has 0 aliphatic heterocycles. The Morgan fingerprint density at radius 2 is 1.67 bits per heavy atom. The van der Waals surface area contributed by atoms with Gasteiger partial charge >= 0.3 is 0 Å². The molecule has 6 nitrogen and oxygen atoms in total. The van der Waals surface area contributed by atoms with E-state index in [1.165, 1.54) is 12.4 Å². The van der Waals surface area contributed by atoms with Gasteiger partial charge in [0.15, 0.2) is 0 Å². The van der Waals surface area contributed by atoms with E-state index in [0.29, 0.717) is 17.1 Å². The third-order valence-corrected chi connectivity index (χ3v) is 3.20. The van der Waals surface area contributed by atoms with E-state index in [0.717, 1.165) is 5.69 Å². The second-order valence-corrected chi connectivity index (χ2v) is 4.92. The average molecular weight is 315 g/mol. The van der Waals surface area contributed by atoms with Crippen molar-refractivity contribution in [3.05, 3.63) is 78.2 Å². The molecular formula is C18H13N5O. The number of benzene rings is 2. The molecule has 3 aromatic rings. The summed E-state index contributed by atoms with van der Waals surface area (Å²) in [5.41, 5.74) is 2.22. The first-order valence-corrected chi connectivity index (χ1v) is 7.20. The molecule has 2 aromatic carbocycles. The minimum Gasteiger partial charge on any atom is -0.339 e. The summed E-state index contributed by atoms with van der Waals surface area (Å²) in [7, 11) is 0. The summed E-state index contributed by atoms with van der Waals surface area (Å²) in [6, 6.07) is 18.2. The second-order valence-electron chi connectivity index (χ2n) is 4.92. The lowest BCUT2D eigenvalue weighted by atomic mass is 10.2. The molecule has 2 N–H and O–H groups in total. The molecule has 0 bridgehead atoms. The van der Waals surface area contributed by atoms with Crippen molar-refractivity contribution < 1.29 is 4.79 Å². The molecule has 0 unspecified atom stereocenters. The zero-order valence-corrected chi connectivity index (χ0v) is 12.6. The molecule has 0 aliphatic carbocycles. The quantitative estimate of drug-likeness (QED) is 0.770. The molecule has 0 saturated heterocycles. The summed E-state index contributed by atoms with van der Waals surface area (Å²) >= 11 is 0. The molecule has 116 valence electrons. The van der Waals surface area contributed by atoms with E-state index >= 15 is 0 Å². The van der Waals surface area contributed by atoms with Crippen molar-refractivity contribution in [1.29, 1.82) is 5.26 Å². The third kappa shape index (κ3) is 3.72. The van der Waals surface area contributed by atoms with Crippen LogP contribution in [-0.2, 0) is 0 Å². The van der Waals surface area contributed by atoms with Crippen LogP contribution < -0.4 is 10.6 Å². The molecule has 0 radical (unpaired) electrons. The Bertz CT molecular complexity index is 868. The molecule has 6 heteroatoms. The molecule has 0 saturated carbocycles. The number of nitrogens with one attached hydrogen (secondary N) is 2. The Labute approximate surface area is 138 Å². The fraction of sp³-hybridized carbons (Fsp3) is 0. The second kappa shape index (κ2) is 7.03. The summed E-state index contributed by atoms with van der Waals surface area (Å²) in [6.45, 7) is 0. The smallest absolute Gasteiger partial charge is 0.275 e. The van der Waals surface area contributed by atoms with Gasteiger partial charge < -0.3 is 10.6 Å². The van der Waals surface area contributed by atoms with Gasteiger partial charge in [-0.2, -0.15) is 5.26 Å². The van der Waals surface area contributed by atoms with E-state index in [-0.39, 0.29) is 11.6 Å². The first-order chi connectivity index (χ1) is 11.7. The maximum atomic E-state index is 12.1. The van der Waals surface area contributed by atoms with Crippen molar-refractivity contribution in [2.24, 2.45) is 0 Å². The molecule has 1 amide bonds. The molecule has 24 heavy (non-hydrogen) atoms. The van der Waals surface area contributed by atoms with Crippen LogP contribution in [0.4, 0.5) is 17.2 Å². The summed E-state index contributed by atoms with van der Waals surface area (Å²) in [4.78, 5) is 20.4. The predicted octanol–water partition coefficient (Wildman–Crippen LogP) is 3.34. The highest BCUT2D eigenvalue weighted by Gasteiger charge is 2.08. The number of hydrogen-bond donors (Lipinski definition) is 2. The Balaban J connectivity index is 1.66. The number of carbonyl (C=O) groups is 1. The maximum Gasteiger partial charge on any atom is 0.275 e. The highest BCUT2D eigenvalue weighted by molar-refractivity contribution is 6.02. The number of hydrogen-bond acceptors (Lipinski definition) is 5. The Kier molecular flexibility index (Phi) is 4.45. The fourth-order valence-corrected chi connectivity index (χ4v) is 2.00. The van der Waals surface area contributed by atoms with Gasteiger partial charge in [-0.25, -0.2) is 9.97 Å². The number of rotatable bonds is 4. The Morgan fingerprint density at radius 3 is 2.29 bits per heavy atom. The van der Waals surface area contributed by atoms with Crippen molar-refractivity contribution in [3.63, 3.8) is 0 Å². The molecule has 0 spiro atoms. The normalized spacial score (nSPS) is 9.79. The van der Waals surface area contributed by atoms with E-state index in [4.69, 9.17) is 5.26 Å². The van der Waals surface area contributed by atoms with Gasteiger partial charge in [-0.15, -0.1) is 0 Å².